The molecule has 1 aliphatic rings. The Balaban J connectivity index is 1.79. The van der Waals surface area contributed by atoms with E-state index in [4.69, 9.17) is 4.74 Å². The van der Waals surface area contributed by atoms with Gasteiger partial charge in [0.05, 0.1) is 6.04 Å². The summed E-state index contributed by atoms with van der Waals surface area (Å²) in [7, 11) is 0. The molecule has 1 unspecified atom stereocenters. The van der Waals surface area contributed by atoms with Crippen molar-refractivity contribution < 1.29 is 9.53 Å². The van der Waals surface area contributed by atoms with E-state index in [0.29, 0.717) is 6.54 Å². The molecular weight excluding hydrogens is 204 g/mol. The summed E-state index contributed by atoms with van der Waals surface area (Å²) in [6, 6.07) is 9.28. The molecule has 2 rings (SSSR count). The number of Topliss-reactive ketones (excluding diaryl/α,β-unsaturated/α-hetero) is 1. The molecule has 4 nitrogen and oxygen atoms in total. The summed E-state index contributed by atoms with van der Waals surface area (Å²) >= 11 is 0. The largest absolute Gasteiger partial charge is 0.486 e. The molecule has 0 amide bonds. The molecule has 1 saturated heterocycles. The lowest BCUT2D eigenvalue weighted by atomic mass is 10.1. The van der Waals surface area contributed by atoms with Crippen molar-refractivity contribution in [1.29, 1.82) is 0 Å². The summed E-state index contributed by atoms with van der Waals surface area (Å²) < 4.78 is 5.40. The normalized spacial score (nSPS) is 20.4. The number of ketones is 1. The SMILES string of the molecule is O=C(COc1ccccc1)C1CNCCN1. The highest BCUT2D eigenvalue weighted by molar-refractivity contribution is 5.85. The third kappa shape index (κ3) is 3.05. The smallest absolute Gasteiger partial charge is 0.188 e. The maximum Gasteiger partial charge on any atom is 0.188 e. The van der Waals surface area contributed by atoms with E-state index in [1.54, 1.807) is 0 Å². The quantitative estimate of drug-likeness (QED) is 0.761. The molecule has 1 aliphatic heterocycles. The molecule has 1 atom stereocenters. The first-order valence-electron chi connectivity index (χ1n) is 5.51. The van der Waals surface area contributed by atoms with E-state index in [2.05, 4.69) is 10.6 Å². The second-order valence-corrected chi connectivity index (χ2v) is 3.78. The van der Waals surface area contributed by atoms with Gasteiger partial charge in [0.15, 0.2) is 5.78 Å². The van der Waals surface area contributed by atoms with Crippen LogP contribution in [0.1, 0.15) is 0 Å². The van der Waals surface area contributed by atoms with Gasteiger partial charge in [-0.1, -0.05) is 18.2 Å². The lowest BCUT2D eigenvalue weighted by Gasteiger charge is -2.23. The molecule has 1 aromatic carbocycles. The van der Waals surface area contributed by atoms with Crippen LogP contribution in [0.25, 0.3) is 0 Å². The summed E-state index contributed by atoms with van der Waals surface area (Å²) in [5.41, 5.74) is 0. The van der Waals surface area contributed by atoms with Gasteiger partial charge in [-0.05, 0) is 12.1 Å². The maximum absolute atomic E-state index is 11.7. The molecule has 2 N–H and O–H groups in total. The molecule has 1 heterocycles. The van der Waals surface area contributed by atoms with Crippen LogP contribution in [0.4, 0.5) is 0 Å². The second kappa shape index (κ2) is 5.63. The molecule has 0 aliphatic carbocycles. The molecule has 0 bridgehead atoms. The fourth-order valence-electron chi connectivity index (χ4n) is 1.65. The molecule has 4 heteroatoms. The van der Waals surface area contributed by atoms with Crippen LogP contribution in [-0.2, 0) is 4.79 Å². The fourth-order valence-corrected chi connectivity index (χ4v) is 1.65. The molecule has 86 valence electrons. The van der Waals surface area contributed by atoms with Crippen LogP contribution in [-0.4, -0.2) is 38.1 Å². The van der Waals surface area contributed by atoms with Crippen LogP contribution in [0, 0.1) is 0 Å². The van der Waals surface area contributed by atoms with Gasteiger partial charge in [0, 0.05) is 19.6 Å². The Morgan fingerprint density at radius 2 is 2.12 bits per heavy atom. The number of benzene rings is 1. The number of nitrogens with one attached hydrogen (secondary N) is 2. The van der Waals surface area contributed by atoms with Gasteiger partial charge in [-0.15, -0.1) is 0 Å². The van der Waals surface area contributed by atoms with Gasteiger partial charge in [0.25, 0.3) is 0 Å². The predicted octanol–water partition coefficient (Wildman–Crippen LogP) is 0.196. The number of ether oxygens (including phenoxy) is 1. The number of carbonyl (C=O) groups excluding carboxylic acids is 1. The Morgan fingerprint density at radius 1 is 1.31 bits per heavy atom. The number of hydrogen-bond donors (Lipinski definition) is 2. The Morgan fingerprint density at radius 3 is 2.81 bits per heavy atom. The third-order valence-electron chi connectivity index (χ3n) is 2.55. The zero-order valence-electron chi connectivity index (χ0n) is 9.11. The topological polar surface area (TPSA) is 50.4 Å². The van der Waals surface area contributed by atoms with Crippen LogP contribution in [0.2, 0.25) is 0 Å². The maximum atomic E-state index is 11.7. The van der Waals surface area contributed by atoms with Gasteiger partial charge >= 0.3 is 0 Å². The highest BCUT2D eigenvalue weighted by Gasteiger charge is 2.20. The lowest BCUT2D eigenvalue weighted by Crippen LogP contribution is -2.53. The van der Waals surface area contributed by atoms with Crippen LogP contribution in [0.5, 0.6) is 5.75 Å². The van der Waals surface area contributed by atoms with Crippen LogP contribution >= 0.6 is 0 Å². The molecule has 0 saturated carbocycles. The van der Waals surface area contributed by atoms with Crippen molar-refractivity contribution in [3.63, 3.8) is 0 Å². The van der Waals surface area contributed by atoms with Crippen molar-refractivity contribution in [3.8, 4) is 5.75 Å². The monoisotopic (exact) mass is 220 g/mol. The molecule has 16 heavy (non-hydrogen) atoms. The van der Waals surface area contributed by atoms with Gasteiger partial charge in [0.1, 0.15) is 12.4 Å². The average molecular weight is 220 g/mol. The van der Waals surface area contributed by atoms with Gasteiger partial charge < -0.3 is 15.4 Å². The van der Waals surface area contributed by atoms with Crippen molar-refractivity contribution in [2.45, 2.75) is 6.04 Å². The standard InChI is InChI=1S/C12H16N2O2/c15-12(11-8-13-6-7-14-11)9-16-10-4-2-1-3-5-10/h1-5,11,13-14H,6-9H2. The van der Waals surface area contributed by atoms with Crippen LogP contribution in [0.15, 0.2) is 30.3 Å². The zero-order valence-corrected chi connectivity index (χ0v) is 9.11. The van der Waals surface area contributed by atoms with Crippen molar-refractivity contribution in [1.82, 2.24) is 10.6 Å². The first-order chi connectivity index (χ1) is 7.86. The average Bonchev–Trinajstić information content (AvgIpc) is 2.38. The molecule has 0 aromatic heterocycles. The lowest BCUT2D eigenvalue weighted by molar-refractivity contribution is -0.123. The number of hydrogen-bond acceptors (Lipinski definition) is 4. The van der Waals surface area contributed by atoms with Crippen molar-refractivity contribution in [2.24, 2.45) is 0 Å². The Labute approximate surface area is 95.0 Å². The summed E-state index contributed by atoms with van der Waals surface area (Å²) in [5.74, 6) is 0.829. The number of para-hydroxylation sites is 1. The predicted molar refractivity (Wildman–Crippen MR) is 61.6 cm³/mol. The second-order valence-electron chi connectivity index (χ2n) is 3.78. The van der Waals surface area contributed by atoms with E-state index in [-0.39, 0.29) is 18.4 Å². The van der Waals surface area contributed by atoms with E-state index >= 15 is 0 Å². The van der Waals surface area contributed by atoms with Crippen molar-refractivity contribution >= 4 is 5.78 Å². The first-order valence-corrected chi connectivity index (χ1v) is 5.51. The zero-order chi connectivity index (χ0) is 11.2. The highest BCUT2D eigenvalue weighted by atomic mass is 16.5. The van der Waals surface area contributed by atoms with Crippen molar-refractivity contribution in [2.75, 3.05) is 26.2 Å². The molecule has 1 fully saturated rings. The highest BCUT2D eigenvalue weighted by Crippen LogP contribution is 2.08. The fraction of sp³-hybridized carbons (Fsp3) is 0.417. The van der Waals surface area contributed by atoms with E-state index in [0.717, 1.165) is 18.8 Å². The minimum absolute atomic E-state index is 0.0936. The number of piperazine rings is 1. The van der Waals surface area contributed by atoms with Crippen LogP contribution < -0.4 is 15.4 Å². The molecule has 1 aromatic rings. The first kappa shape index (κ1) is 11.1. The van der Waals surface area contributed by atoms with Crippen LogP contribution in [0.3, 0.4) is 0 Å². The Kier molecular flexibility index (Phi) is 3.91. The summed E-state index contributed by atoms with van der Waals surface area (Å²) in [4.78, 5) is 11.7. The minimum atomic E-state index is -0.113. The van der Waals surface area contributed by atoms with Gasteiger partial charge in [-0.3, -0.25) is 4.79 Å². The van der Waals surface area contributed by atoms with E-state index < -0.39 is 0 Å². The molecular formula is C12H16N2O2. The van der Waals surface area contributed by atoms with E-state index in [9.17, 15) is 4.79 Å². The Hall–Kier alpha value is -1.39. The third-order valence-corrected chi connectivity index (χ3v) is 2.55. The van der Waals surface area contributed by atoms with E-state index in [1.165, 1.54) is 0 Å². The number of carbonyl (C=O) groups is 1. The van der Waals surface area contributed by atoms with Gasteiger partial charge in [0.2, 0.25) is 0 Å². The van der Waals surface area contributed by atoms with Crippen molar-refractivity contribution in [3.05, 3.63) is 30.3 Å². The summed E-state index contributed by atoms with van der Waals surface area (Å²) in [5, 5.41) is 6.34. The molecule has 0 radical (unpaired) electrons. The molecule has 0 spiro atoms. The Bertz CT molecular complexity index is 334. The summed E-state index contributed by atoms with van der Waals surface area (Å²) in [6.07, 6.45) is 0. The summed E-state index contributed by atoms with van der Waals surface area (Å²) in [6.45, 7) is 2.57. The van der Waals surface area contributed by atoms with Gasteiger partial charge in [-0.25, -0.2) is 0 Å². The minimum Gasteiger partial charge on any atom is -0.486 e. The van der Waals surface area contributed by atoms with E-state index in [1.807, 2.05) is 30.3 Å². The van der Waals surface area contributed by atoms with Gasteiger partial charge in [-0.2, -0.15) is 0 Å². The number of rotatable bonds is 4.